The van der Waals surface area contributed by atoms with Crippen molar-refractivity contribution >= 4 is 40.8 Å². The molecule has 0 spiro atoms. The molecule has 4 nitrogen and oxygen atoms in total. The first kappa shape index (κ1) is 16.4. The van der Waals surface area contributed by atoms with Crippen LogP contribution in [0.15, 0.2) is 34.1 Å². The second kappa shape index (κ2) is 7.80. The van der Waals surface area contributed by atoms with Crippen molar-refractivity contribution in [3.05, 3.63) is 34.1 Å². The van der Waals surface area contributed by atoms with Crippen molar-refractivity contribution in [2.45, 2.75) is 18.4 Å². The molecule has 0 aromatic carbocycles. The zero-order chi connectivity index (χ0) is 14.4. The van der Waals surface area contributed by atoms with Crippen molar-refractivity contribution in [1.82, 2.24) is 0 Å². The summed E-state index contributed by atoms with van der Waals surface area (Å²) < 4.78 is 10.7. The molecule has 19 heavy (non-hydrogen) atoms. The monoisotopic (exact) mass is 326 g/mol. The summed E-state index contributed by atoms with van der Waals surface area (Å²) in [6.45, 7) is 1.62. The molecule has 2 unspecified atom stereocenters. The summed E-state index contributed by atoms with van der Waals surface area (Å²) in [6, 6.07) is 0. The summed E-state index contributed by atoms with van der Waals surface area (Å²) in [6.07, 6.45) is 4.42. The molecular formula is C12H13Cl3O4. The number of hydrogen-bond acceptors (Lipinski definition) is 3. The van der Waals surface area contributed by atoms with Crippen LogP contribution in [-0.4, -0.2) is 35.8 Å². The summed E-state index contributed by atoms with van der Waals surface area (Å²) in [5, 5.41) is 8.09. The lowest BCUT2D eigenvalue weighted by molar-refractivity contribution is -0.143. The molecule has 2 atom stereocenters. The Bertz CT molecular complexity index is 425. The zero-order valence-electron chi connectivity index (χ0n) is 10.1. The Kier molecular flexibility index (Phi) is 6.72. The summed E-state index contributed by atoms with van der Waals surface area (Å²) in [5.41, 5.74) is 0.791. The van der Waals surface area contributed by atoms with Gasteiger partial charge < -0.3 is 14.6 Å². The Hall–Kier alpha value is -0.680. The highest BCUT2D eigenvalue weighted by molar-refractivity contribution is 6.55. The molecule has 0 aromatic rings. The maximum atomic E-state index is 10.5. The summed E-state index contributed by atoms with van der Waals surface area (Å²) >= 11 is 17.0. The maximum absolute atomic E-state index is 10.5. The lowest BCUT2D eigenvalue weighted by atomic mass is 10.0. The number of hydrogen-bond donors (Lipinski definition) is 1. The molecule has 7 heteroatoms. The fraction of sp³-hybridized carbons (Fsp3) is 0.417. The van der Waals surface area contributed by atoms with Crippen LogP contribution < -0.4 is 0 Å². The third-order valence-electron chi connectivity index (χ3n) is 2.31. The van der Waals surface area contributed by atoms with E-state index in [0.29, 0.717) is 5.76 Å². The Balaban J connectivity index is 2.59. The second-order valence-electron chi connectivity index (χ2n) is 3.83. The van der Waals surface area contributed by atoms with Gasteiger partial charge in [-0.15, -0.1) is 11.6 Å². The molecule has 0 saturated carbocycles. The fourth-order valence-corrected chi connectivity index (χ4v) is 2.05. The molecule has 0 saturated heterocycles. The summed E-state index contributed by atoms with van der Waals surface area (Å²) in [7, 11) is 0. The van der Waals surface area contributed by atoms with Gasteiger partial charge >= 0.3 is 5.97 Å². The molecular weight excluding hydrogens is 314 g/mol. The summed E-state index contributed by atoms with van der Waals surface area (Å²) in [5.74, 6) is -0.469. The molecule has 1 N–H and O–H groups in total. The highest BCUT2D eigenvalue weighted by atomic mass is 35.5. The van der Waals surface area contributed by atoms with Crippen molar-refractivity contribution in [3.8, 4) is 0 Å². The van der Waals surface area contributed by atoms with E-state index in [1.165, 1.54) is 6.08 Å². The third-order valence-corrected chi connectivity index (χ3v) is 2.97. The molecule has 0 aromatic heterocycles. The van der Waals surface area contributed by atoms with Gasteiger partial charge in [-0.2, -0.15) is 0 Å². The van der Waals surface area contributed by atoms with Gasteiger partial charge in [-0.05, 0) is 30.7 Å². The van der Waals surface area contributed by atoms with E-state index in [4.69, 9.17) is 49.4 Å². The van der Waals surface area contributed by atoms with E-state index in [1.807, 2.05) is 0 Å². The van der Waals surface area contributed by atoms with E-state index < -0.39 is 24.1 Å². The molecule has 1 aliphatic rings. The van der Waals surface area contributed by atoms with Crippen LogP contribution in [0.4, 0.5) is 0 Å². The number of halogens is 3. The fourth-order valence-electron chi connectivity index (χ4n) is 1.53. The van der Waals surface area contributed by atoms with E-state index in [1.54, 1.807) is 19.1 Å². The molecule has 1 rings (SSSR count). The SMILES string of the molecule is CC1=CC(OCC=C(Cl)Cl)=CC(Cl)C1OCC(=O)O. The second-order valence-corrected chi connectivity index (χ2v) is 5.34. The Morgan fingerprint density at radius 1 is 1.53 bits per heavy atom. The van der Waals surface area contributed by atoms with Gasteiger partial charge in [0.25, 0.3) is 0 Å². The first-order valence-corrected chi connectivity index (χ1v) is 6.61. The number of carboxylic acids is 1. The van der Waals surface area contributed by atoms with E-state index >= 15 is 0 Å². The predicted octanol–water partition coefficient (Wildman–Crippen LogP) is 3.24. The quantitative estimate of drug-likeness (QED) is 0.761. The third kappa shape index (κ3) is 5.87. The van der Waals surface area contributed by atoms with Crippen LogP contribution in [0.25, 0.3) is 0 Å². The van der Waals surface area contributed by atoms with Gasteiger partial charge in [-0.1, -0.05) is 23.2 Å². The zero-order valence-corrected chi connectivity index (χ0v) is 12.4. The number of aliphatic carboxylic acids is 1. The van der Waals surface area contributed by atoms with E-state index in [-0.39, 0.29) is 11.1 Å². The predicted molar refractivity (Wildman–Crippen MR) is 74.6 cm³/mol. The van der Waals surface area contributed by atoms with Crippen LogP contribution in [0, 0.1) is 0 Å². The van der Waals surface area contributed by atoms with Crippen molar-refractivity contribution in [2.75, 3.05) is 13.2 Å². The lowest BCUT2D eigenvalue weighted by Gasteiger charge is -2.25. The molecule has 0 amide bonds. The topological polar surface area (TPSA) is 55.8 Å². The molecule has 0 radical (unpaired) electrons. The number of ether oxygens (including phenoxy) is 2. The van der Waals surface area contributed by atoms with Crippen molar-refractivity contribution in [2.24, 2.45) is 0 Å². The molecule has 0 fully saturated rings. The van der Waals surface area contributed by atoms with Gasteiger partial charge in [-0.3, -0.25) is 0 Å². The number of carboxylic acid groups (broad SMARTS) is 1. The van der Waals surface area contributed by atoms with Crippen LogP contribution in [0.1, 0.15) is 6.92 Å². The summed E-state index contributed by atoms with van der Waals surface area (Å²) in [4.78, 5) is 10.5. The Morgan fingerprint density at radius 3 is 2.74 bits per heavy atom. The van der Waals surface area contributed by atoms with Crippen LogP contribution in [-0.2, 0) is 14.3 Å². The van der Waals surface area contributed by atoms with E-state index in [2.05, 4.69) is 0 Å². The number of allylic oxidation sites excluding steroid dienone is 1. The molecule has 1 aliphatic carbocycles. The molecule has 106 valence electrons. The minimum Gasteiger partial charge on any atom is -0.490 e. The van der Waals surface area contributed by atoms with Gasteiger partial charge in [0.15, 0.2) is 0 Å². The Morgan fingerprint density at radius 2 is 2.21 bits per heavy atom. The minimum absolute atomic E-state index is 0.127. The molecule has 0 aliphatic heterocycles. The smallest absolute Gasteiger partial charge is 0.329 e. The molecule has 0 heterocycles. The van der Waals surface area contributed by atoms with Crippen LogP contribution in [0.3, 0.4) is 0 Å². The van der Waals surface area contributed by atoms with Crippen molar-refractivity contribution < 1.29 is 19.4 Å². The van der Waals surface area contributed by atoms with Gasteiger partial charge in [0.1, 0.15) is 23.5 Å². The first-order valence-electron chi connectivity index (χ1n) is 5.41. The number of rotatable bonds is 6. The highest BCUT2D eigenvalue weighted by Crippen LogP contribution is 2.25. The van der Waals surface area contributed by atoms with Crippen molar-refractivity contribution in [1.29, 1.82) is 0 Å². The average molecular weight is 328 g/mol. The van der Waals surface area contributed by atoms with E-state index in [0.717, 1.165) is 5.57 Å². The van der Waals surface area contributed by atoms with Crippen molar-refractivity contribution in [3.63, 3.8) is 0 Å². The highest BCUT2D eigenvalue weighted by Gasteiger charge is 2.25. The maximum Gasteiger partial charge on any atom is 0.329 e. The van der Waals surface area contributed by atoms with Gasteiger partial charge in [-0.25, -0.2) is 4.79 Å². The lowest BCUT2D eigenvalue weighted by Crippen LogP contribution is -2.29. The van der Waals surface area contributed by atoms with Crippen LogP contribution in [0.5, 0.6) is 0 Å². The van der Waals surface area contributed by atoms with Gasteiger partial charge in [0.05, 0.1) is 11.5 Å². The van der Waals surface area contributed by atoms with E-state index in [9.17, 15) is 4.79 Å². The largest absolute Gasteiger partial charge is 0.490 e. The normalized spacial score (nSPS) is 22.3. The van der Waals surface area contributed by atoms with Gasteiger partial charge in [0, 0.05) is 0 Å². The molecule has 0 bridgehead atoms. The average Bonchev–Trinajstić information content (AvgIpc) is 2.26. The van der Waals surface area contributed by atoms with Crippen LogP contribution >= 0.6 is 34.8 Å². The van der Waals surface area contributed by atoms with Gasteiger partial charge in [0.2, 0.25) is 0 Å². The first-order chi connectivity index (χ1) is 8.90. The van der Waals surface area contributed by atoms with Crippen LogP contribution in [0.2, 0.25) is 0 Å². The Labute approximate surface area is 126 Å². The number of carbonyl (C=O) groups is 1. The standard InChI is InChI=1S/C12H13Cl3O4/c1-7-4-8(18-3-2-10(14)15)5-9(13)12(7)19-6-11(16)17/h2,4-5,9,12H,3,6H2,1H3,(H,16,17). The minimum atomic E-state index is -1.04. The number of alkyl halides is 1.